The average Bonchev–Trinajstić information content (AvgIpc) is 2.01. The maximum Gasteiger partial charge on any atom is 0.236 e. The molecule has 2 N–H and O–H groups in total. The van der Waals surface area contributed by atoms with Crippen LogP contribution >= 0.6 is 0 Å². The van der Waals surface area contributed by atoms with Gasteiger partial charge in [0.25, 0.3) is 0 Å². The average molecular weight is 192 g/mol. The minimum atomic E-state index is -0.313. The number of benzene rings is 1. The van der Waals surface area contributed by atoms with Crippen LogP contribution in [0.1, 0.15) is 11.1 Å². The summed E-state index contributed by atoms with van der Waals surface area (Å²) in [6, 6.07) is 6.13. The highest BCUT2D eigenvalue weighted by molar-refractivity contribution is 5.79. The molecule has 0 aromatic heterocycles. The molecule has 0 bridgehead atoms. The Balaban J connectivity index is 2.90. The fourth-order valence-corrected chi connectivity index (χ4v) is 1.55. The zero-order valence-corrected chi connectivity index (χ0v) is 8.87. The van der Waals surface area contributed by atoms with E-state index >= 15 is 0 Å². The lowest BCUT2D eigenvalue weighted by Gasteiger charge is -2.19. The molecule has 0 fully saturated rings. The summed E-state index contributed by atoms with van der Waals surface area (Å²) in [5.41, 5.74) is 8.56. The third kappa shape index (κ3) is 2.49. The summed E-state index contributed by atoms with van der Waals surface area (Å²) in [7, 11) is 1.86. The largest absolute Gasteiger partial charge is 0.368 e. The topological polar surface area (TPSA) is 46.3 Å². The lowest BCUT2D eigenvalue weighted by atomic mass is 10.1. The third-order valence-electron chi connectivity index (χ3n) is 2.16. The van der Waals surface area contributed by atoms with Crippen LogP contribution in [0.3, 0.4) is 0 Å². The van der Waals surface area contributed by atoms with Gasteiger partial charge in [-0.25, -0.2) is 0 Å². The normalized spacial score (nSPS) is 9.93. The summed E-state index contributed by atoms with van der Waals surface area (Å²) in [6.45, 7) is 4.33. The first kappa shape index (κ1) is 10.6. The molecule has 0 heterocycles. The number of rotatable bonds is 3. The molecule has 0 spiro atoms. The van der Waals surface area contributed by atoms with Gasteiger partial charge in [0.05, 0.1) is 6.54 Å². The Morgan fingerprint density at radius 1 is 1.43 bits per heavy atom. The lowest BCUT2D eigenvalue weighted by Crippen LogP contribution is -2.30. The lowest BCUT2D eigenvalue weighted by molar-refractivity contribution is -0.116. The van der Waals surface area contributed by atoms with Gasteiger partial charge >= 0.3 is 0 Å². The minimum Gasteiger partial charge on any atom is -0.368 e. The van der Waals surface area contributed by atoms with Crippen LogP contribution in [-0.4, -0.2) is 19.5 Å². The molecule has 1 aromatic carbocycles. The molecule has 76 valence electrons. The number of hydrogen-bond donors (Lipinski definition) is 1. The molecule has 14 heavy (non-hydrogen) atoms. The van der Waals surface area contributed by atoms with E-state index in [9.17, 15) is 4.79 Å². The van der Waals surface area contributed by atoms with Crippen molar-refractivity contribution in [3.05, 3.63) is 29.3 Å². The van der Waals surface area contributed by atoms with Crippen LogP contribution in [-0.2, 0) is 4.79 Å². The van der Waals surface area contributed by atoms with E-state index in [1.54, 1.807) is 0 Å². The molecule has 1 rings (SSSR count). The number of nitrogens with zero attached hydrogens (tertiary/aromatic N) is 1. The van der Waals surface area contributed by atoms with E-state index in [-0.39, 0.29) is 12.5 Å². The van der Waals surface area contributed by atoms with Crippen LogP contribution in [0.15, 0.2) is 18.2 Å². The highest BCUT2D eigenvalue weighted by Gasteiger charge is 2.06. The monoisotopic (exact) mass is 192 g/mol. The number of hydrogen-bond acceptors (Lipinski definition) is 2. The van der Waals surface area contributed by atoms with Crippen LogP contribution in [0.25, 0.3) is 0 Å². The van der Waals surface area contributed by atoms with E-state index in [0.717, 1.165) is 11.3 Å². The van der Waals surface area contributed by atoms with Gasteiger partial charge in [-0.1, -0.05) is 17.7 Å². The first-order valence-electron chi connectivity index (χ1n) is 4.57. The molecule has 0 unspecified atom stereocenters. The summed E-state index contributed by atoms with van der Waals surface area (Å²) < 4.78 is 0. The minimum absolute atomic E-state index is 0.254. The predicted molar refractivity (Wildman–Crippen MR) is 58.4 cm³/mol. The maximum atomic E-state index is 10.7. The SMILES string of the molecule is Cc1ccc(N(C)CC(N)=O)c(C)c1. The van der Waals surface area contributed by atoms with Gasteiger partial charge < -0.3 is 10.6 Å². The van der Waals surface area contributed by atoms with Crippen LogP contribution < -0.4 is 10.6 Å². The second-order valence-electron chi connectivity index (χ2n) is 3.61. The Bertz CT molecular complexity index is 347. The molecule has 1 aromatic rings. The smallest absolute Gasteiger partial charge is 0.236 e. The number of primary amides is 1. The van der Waals surface area contributed by atoms with Gasteiger partial charge in [-0.15, -0.1) is 0 Å². The molecule has 1 amide bonds. The molecule has 0 atom stereocenters. The van der Waals surface area contributed by atoms with Crippen molar-refractivity contribution in [2.45, 2.75) is 13.8 Å². The summed E-state index contributed by atoms with van der Waals surface area (Å²) in [4.78, 5) is 12.6. The van der Waals surface area contributed by atoms with E-state index in [1.165, 1.54) is 5.56 Å². The second-order valence-corrected chi connectivity index (χ2v) is 3.61. The fraction of sp³-hybridized carbons (Fsp3) is 0.364. The molecular formula is C11H16N2O. The Kier molecular flexibility index (Phi) is 3.12. The molecule has 0 radical (unpaired) electrons. The second kappa shape index (κ2) is 4.13. The molecule has 3 heteroatoms. The number of amides is 1. The Hall–Kier alpha value is -1.51. The molecule has 0 aliphatic rings. The van der Waals surface area contributed by atoms with Crippen molar-refractivity contribution in [1.29, 1.82) is 0 Å². The van der Waals surface area contributed by atoms with Crippen molar-refractivity contribution in [2.75, 3.05) is 18.5 Å². The number of carbonyl (C=O) groups excluding carboxylic acids is 1. The van der Waals surface area contributed by atoms with Crippen LogP contribution in [0.5, 0.6) is 0 Å². The van der Waals surface area contributed by atoms with Gasteiger partial charge in [0.1, 0.15) is 0 Å². The van der Waals surface area contributed by atoms with Gasteiger partial charge in [0, 0.05) is 12.7 Å². The molecule has 0 aliphatic heterocycles. The molecule has 3 nitrogen and oxygen atoms in total. The van der Waals surface area contributed by atoms with E-state index in [2.05, 4.69) is 6.07 Å². The van der Waals surface area contributed by atoms with Gasteiger partial charge in [-0.3, -0.25) is 4.79 Å². The maximum absolute atomic E-state index is 10.7. The van der Waals surface area contributed by atoms with Crippen LogP contribution in [0.4, 0.5) is 5.69 Å². The van der Waals surface area contributed by atoms with E-state index in [0.29, 0.717) is 0 Å². The van der Waals surface area contributed by atoms with Gasteiger partial charge in [-0.2, -0.15) is 0 Å². The zero-order chi connectivity index (χ0) is 10.7. The van der Waals surface area contributed by atoms with Crippen molar-refractivity contribution in [2.24, 2.45) is 5.73 Å². The summed E-state index contributed by atoms with van der Waals surface area (Å²) in [5.74, 6) is -0.313. The van der Waals surface area contributed by atoms with E-state index in [1.807, 2.05) is 37.9 Å². The predicted octanol–water partition coefficient (Wildman–Crippen LogP) is 1.22. The first-order chi connectivity index (χ1) is 6.50. The highest BCUT2D eigenvalue weighted by atomic mass is 16.1. The summed E-state index contributed by atoms with van der Waals surface area (Å²) >= 11 is 0. The zero-order valence-electron chi connectivity index (χ0n) is 8.87. The van der Waals surface area contributed by atoms with Crippen molar-refractivity contribution in [3.8, 4) is 0 Å². The molecular weight excluding hydrogens is 176 g/mol. The van der Waals surface area contributed by atoms with E-state index in [4.69, 9.17) is 5.73 Å². The fourth-order valence-electron chi connectivity index (χ4n) is 1.55. The van der Waals surface area contributed by atoms with Gasteiger partial charge in [-0.05, 0) is 25.5 Å². The Labute approximate surface area is 84.5 Å². The van der Waals surface area contributed by atoms with Crippen molar-refractivity contribution >= 4 is 11.6 Å². The number of likely N-dealkylation sites (N-methyl/N-ethyl adjacent to an activating group) is 1. The standard InChI is InChI=1S/C11H16N2O/c1-8-4-5-10(9(2)6-8)13(3)7-11(12)14/h4-6H,7H2,1-3H3,(H2,12,14). The van der Waals surface area contributed by atoms with Crippen molar-refractivity contribution < 1.29 is 4.79 Å². The van der Waals surface area contributed by atoms with Gasteiger partial charge in [0.2, 0.25) is 5.91 Å². The molecule has 0 aliphatic carbocycles. The van der Waals surface area contributed by atoms with Crippen molar-refractivity contribution in [1.82, 2.24) is 0 Å². The summed E-state index contributed by atoms with van der Waals surface area (Å²) in [5, 5.41) is 0. The van der Waals surface area contributed by atoms with Crippen molar-refractivity contribution in [3.63, 3.8) is 0 Å². The summed E-state index contributed by atoms with van der Waals surface area (Å²) in [6.07, 6.45) is 0. The Morgan fingerprint density at radius 2 is 2.07 bits per heavy atom. The third-order valence-corrected chi connectivity index (χ3v) is 2.16. The Morgan fingerprint density at radius 3 is 2.57 bits per heavy atom. The number of carbonyl (C=O) groups is 1. The quantitative estimate of drug-likeness (QED) is 0.782. The molecule has 0 saturated carbocycles. The van der Waals surface area contributed by atoms with Crippen LogP contribution in [0, 0.1) is 13.8 Å². The highest BCUT2D eigenvalue weighted by Crippen LogP contribution is 2.19. The molecule has 0 saturated heterocycles. The number of nitrogens with two attached hydrogens (primary N) is 1. The number of aryl methyl sites for hydroxylation is 2. The first-order valence-corrected chi connectivity index (χ1v) is 4.57. The van der Waals surface area contributed by atoms with Gasteiger partial charge in [0.15, 0.2) is 0 Å². The van der Waals surface area contributed by atoms with E-state index < -0.39 is 0 Å². The van der Waals surface area contributed by atoms with Crippen LogP contribution in [0.2, 0.25) is 0 Å². The number of anilines is 1.